The summed E-state index contributed by atoms with van der Waals surface area (Å²) in [5.41, 5.74) is 7.47. The SMILES string of the molecule is Cc1c(-c2cc(Cl)ccc2Cl)sc(C(=O)O)c1N. The third-order valence-electron chi connectivity index (χ3n) is 2.56. The number of rotatable bonds is 2. The Morgan fingerprint density at radius 3 is 2.61 bits per heavy atom. The second kappa shape index (κ2) is 4.80. The Labute approximate surface area is 118 Å². The van der Waals surface area contributed by atoms with Crippen LogP contribution in [0, 0.1) is 6.92 Å². The number of hydrogen-bond acceptors (Lipinski definition) is 3. The van der Waals surface area contributed by atoms with Crippen molar-refractivity contribution in [3.63, 3.8) is 0 Å². The van der Waals surface area contributed by atoms with Gasteiger partial charge in [0, 0.05) is 20.5 Å². The van der Waals surface area contributed by atoms with Crippen molar-refractivity contribution in [1.29, 1.82) is 0 Å². The first-order valence-corrected chi connectivity index (χ1v) is 6.56. The topological polar surface area (TPSA) is 63.3 Å². The molecule has 0 fully saturated rings. The summed E-state index contributed by atoms with van der Waals surface area (Å²) in [6.07, 6.45) is 0. The fraction of sp³-hybridized carbons (Fsp3) is 0.0833. The summed E-state index contributed by atoms with van der Waals surface area (Å²) >= 11 is 13.1. The van der Waals surface area contributed by atoms with Crippen molar-refractivity contribution in [2.45, 2.75) is 6.92 Å². The Hall–Kier alpha value is -1.23. The molecule has 2 aromatic rings. The molecule has 0 radical (unpaired) electrons. The van der Waals surface area contributed by atoms with E-state index in [0.29, 0.717) is 21.2 Å². The minimum Gasteiger partial charge on any atom is -0.477 e. The molecule has 0 bridgehead atoms. The Morgan fingerprint density at radius 2 is 2.06 bits per heavy atom. The highest BCUT2D eigenvalue weighted by Gasteiger charge is 2.20. The summed E-state index contributed by atoms with van der Waals surface area (Å²) in [6, 6.07) is 5.06. The maximum Gasteiger partial charge on any atom is 0.348 e. The molecule has 0 saturated heterocycles. The fourth-order valence-electron chi connectivity index (χ4n) is 1.61. The fourth-order valence-corrected chi connectivity index (χ4v) is 3.15. The number of carbonyl (C=O) groups is 1. The van der Waals surface area contributed by atoms with E-state index in [1.807, 2.05) is 0 Å². The summed E-state index contributed by atoms with van der Waals surface area (Å²) in [4.78, 5) is 11.9. The van der Waals surface area contributed by atoms with E-state index in [9.17, 15) is 4.79 Å². The smallest absolute Gasteiger partial charge is 0.348 e. The van der Waals surface area contributed by atoms with Crippen molar-refractivity contribution in [2.24, 2.45) is 0 Å². The van der Waals surface area contributed by atoms with Crippen molar-refractivity contribution in [3.8, 4) is 10.4 Å². The van der Waals surface area contributed by atoms with Crippen LogP contribution in [0.15, 0.2) is 18.2 Å². The van der Waals surface area contributed by atoms with Gasteiger partial charge in [0.25, 0.3) is 0 Å². The van der Waals surface area contributed by atoms with Gasteiger partial charge in [-0.25, -0.2) is 4.79 Å². The quantitative estimate of drug-likeness (QED) is 0.868. The molecular weight excluding hydrogens is 293 g/mol. The van der Waals surface area contributed by atoms with Crippen LogP contribution in [0.5, 0.6) is 0 Å². The van der Waals surface area contributed by atoms with E-state index in [0.717, 1.165) is 16.2 Å². The van der Waals surface area contributed by atoms with Gasteiger partial charge in [0.05, 0.1) is 5.69 Å². The Morgan fingerprint density at radius 1 is 1.39 bits per heavy atom. The zero-order valence-electron chi connectivity index (χ0n) is 9.33. The number of anilines is 1. The van der Waals surface area contributed by atoms with Crippen molar-refractivity contribution in [1.82, 2.24) is 0 Å². The molecule has 0 atom stereocenters. The molecule has 0 saturated carbocycles. The molecule has 2 rings (SSSR count). The molecule has 0 aliphatic carbocycles. The van der Waals surface area contributed by atoms with Crippen molar-refractivity contribution in [2.75, 3.05) is 5.73 Å². The van der Waals surface area contributed by atoms with Crippen LogP contribution >= 0.6 is 34.5 Å². The van der Waals surface area contributed by atoms with Crippen LogP contribution in [0.2, 0.25) is 10.0 Å². The van der Waals surface area contributed by atoms with E-state index >= 15 is 0 Å². The molecule has 1 aromatic heterocycles. The summed E-state index contributed by atoms with van der Waals surface area (Å²) in [5.74, 6) is -1.04. The number of halogens is 2. The van der Waals surface area contributed by atoms with E-state index < -0.39 is 5.97 Å². The maximum atomic E-state index is 11.0. The standard InChI is InChI=1S/C12H9Cl2NO2S/c1-5-9(15)11(12(16)17)18-10(5)7-4-6(13)2-3-8(7)14/h2-4H,15H2,1H3,(H,16,17). The first kappa shape index (κ1) is 13.2. The van der Waals surface area contributed by atoms with Crippen LogP contribution < -0.4 is 5.73 Å². The summed E-state index contributed by atoms with van der Waals surface area (Å²) in [7, 11) is 0. The Kier molecular flexibility index (Phi) is 3.52. The highest BCUT2D eigenvalue weighted by Crippen LogP contribution is 2.41. The minimum absolute atomic E-state index is 0.124. The number of benzene rings is 1. The van der Waals surface area contributed by atoms with Gasteiger partial charge in [-0.1, -0.05) is 23.2 Å². The predicted molar refractivity (Wildman–Crippen MR) is 75.9 cm³/mol. The number of thiophene rings is 1. The molecule has 6 heteroatoms. The molecule has 3 nitrogen and oxygen atoms in total. The van der Waals surface area contributed by atoms with Crippen LogP contribution in [0.25, 0.3) is 10.4 Å². The van der Waals surface area contributed by atoms with E-state index in [1.165, 1.54) is 0 Å². The van der Waals surface area contributed by atoms with Gasteiger partial charge in [-0.05, 0) is 30.7 Å². The number of carboxylic acids is 1. The van der Waals surface area contributed by atoms with E-state index in [4.69, 9.17) is 34.0 Å². The van der Waals surface area contributed by atoms with E-state index in [1.54, 1.807) is 25.1 Å². The lowest BCUT2D eigenvalue weighted by atomic mass is 10.1. The zero-order valence-corrected chi connectivity index (χ0v) is 11.7. The summed E-state index contributed by atoms with van der Waals surface area (Å²) in [5, 5.41) is 10.1. The number of aromatic carboxylic acids is 1. The van der Waals surface area contributed by atoms with Crippen LogP contribution in [-0.4, -0.2) is 11.1 Å². The number of carboxylic acid groups (broad SMARTS) is 1. The van der Waals surface area contributed by atoms with Crippen LogP contribution in [0.3, 0.4) is 0 Å². The average Bonchev–Trinajstić information content (AvgIpc) is 2.60. The Bertz CT molecular complexity index is 637. The van der Waals surface area contributed by atoms with Crippen LogP contribution in [-0.2, 0) is 0 Å². The molecule has 0 aliphatic heterocycles. The predicted octanol–water partition coefficient (Wildman–Crippen LogP) is 4.31. The average molecular weight is 302 g/mol. The highest BCUT2D eigenvalue weighted by molar-refractivity contribution is 7.18. The molecule has 0 amide bonds. The summed E-state index contributed by atoms with van der Waals surface area (Å²) in [6.45, 7) is 1.77. The number of nitrogens with two attached hydrogens (primary N) is 1. The molecule has 0 unspecified atom stereocenters. The summed E-state index contributed by atoms with van der Waals surface area (Å²) < 4.78 is 0. The van der Waals surface area contributed by atoms with Crippen molar-refractivity contribution >= 4 is 46.2 Å². The van der Waals surface area contributed by atoms with Gasteiger partial charge in [-0.3, -0.25) is 0 Å². The lowest BCUT2D eigenvalue weighted by molar-refractivity contribution is 0.0703. The third-order valence-corrected chi connectivity index (χ3v) is 4.45. The molecule has 3 N–H and O–H groups in total. The number of nitrogen functional groups attached to an aromatic ring is 1. The van der Waals surface area contributed by atoms with Crippen LogP contribution in [0.1, 0.15) is 15.2 Å². The van der Waals surface area contributed by atoms with E-state index in [-0.39, 0.29) is 10.6 Å². The molecule has 1 heterocycles. The van der Waals surface area contributed by atoms with Crippen LogP contribution in [0.4, 0.5) is 5.69 Å². The number of hydrogen-bond donors (Lipinski definition) is 2. The van der Waals surface area contributed by atoms with Crippen molar-refractivity contribution < 1.29 is 9.90 Å². The molecule has 18 heavy (non-hydrogen) atoms. The maximum absolute atomic E-state index is 11.0. The van der Waals surface area contributed by atoms with Gasteiger partial charge >= 0.3 is 5.97 Å². The molecule has 1 aromatic carbocycles. The third kappa shape index (κ3) is 2.19. The minimum atomic E-state index is -1.04. The van der Waals surface area contributed by atoms with Gasteiger partial charge in [0.2, 0.25) is 0 Å². The largest absolute Gasteiger partial charge is 0.477 e. The van der Waals surface area contributed by atoms with Crippen molar-refractivity contribution in [3.05, 3.63) is 38.7 Å². The highest BCUT2D eigenvalue weighted by atomic mass is 35.5. The first-order valence-electron chi connectivity index (χ1n) is 4.99. The lowest BCUT2D eigenvalue weighted by Gasteiger charge is -2.04. The van der Waals surface area contributed by atoms with Gasteiger partial charge in [0.1, 0.15) is 4.88 Å². The monoisotopic (exact) mass is 301 g/mol. The van der Waals surface area contributed by atoms with Gasteiger partial charge in [-0.2, -0.15) is 0 Å². The normalized spacial score (nSPS) is 10.6. The second-order valence-electron chi connectivity index (χ2n) is 3.73. The Balaban J connectivity index is 2.68. The van der Waals surface area contributed by atoms with Gasteiger partial charge < -0.3 is 10.8 Å². The molecule has 0 spiro atoms. The van der Waals surface area contributed by atoms with E-state index in [2.05, 4.69) is 0 Å². The molecule has 94 valence electrons. The first-order chi connectivity index (χ1) is 8.41. The second-order valence-corrected chi connectivity index (χ2v) is 5.59. The molecular formula is C12H9Cl2NO2S. The molecule has 0 aliphatic rings. The van der Waals surface area contributed by atoms with Gasteiger partial charge in [-0.15, -0.1) is 11.3 Å². The van der Waals surface area contributed by atoms with Gasteiger partial charge in [0.15, 0.2) is 0 Å². The zero-order chi connectivity index (χ0) is 13.4. The lowest BCUT2D eigenvalue weighted by Crippen LogP contribution is -1.97.